The molecule has 2 heterocycles. The summed E-state index contributed by atoms with van der Waals surface area (Å²) in [5.41, 5.74) is 0.709. The minimum absolute atomic E-state index is 0.0201. The van der Waals surface area contributed by atoms with E-state index in [9.17, 15) is 13.2 Å². The van der Waals surface area contributed by atoms with E-state index in [0.717, 1.165) is 17.5 Å². The average Bonchev–Trinajstić information content (AvgIpc) is 2.66. The van der Waals surface area contributed by atoms with Gasteiger partial charge in [0.2, 0.25) is 0 Å². The first kappa shape index (κ1) is 14.7. The molecule has 0 aromatic carbocycles. The molecule has 1 N–H and O–H groups in total. The van der Waals surface area contributed by atoms with Gasteiger partial charge in [0.05, 0.1) is 10.2 Å². The lowest BCUT2D eigenvalue weighted by atomic mass is 10.0. The third-order valence-electron chi connectivity index (χ3n) is 3.45. The van der Waals surface area contributed by atoms with Gasteiger partial charge in [-0.15, -0.1) is 0 Å². The number of alkyl halides is 3. The maximum absolute atomic E-state index is 13.0. The average molecular weight is 340 g/mol. The quantitative estimate of drug-likeness (QED) is 0.880. The fourth-order valence-electron chi connectivity index (χ4n) is 2.45. The van der Waals surface area contributed by atoms with Gasteiger partial charge >= 0.3 is 6.18 Å². The SMILES string of the molecule is CCCC(C)c1nn2c(c1Br)NCCC2C(F)(F)F. The molecule has 2 atom stereocenters. The maximum atomic E-state index is 13.0. The molecule has 0 radical (unpaired) electrons. The standard InChI is InChI=1S/C12H17BrF3N3/c1-3-4-7(2)10-9(13)11-17-6-5-8(12(14,15)16)19(11)18-10/h7-8,17H,3-6H2,1-2H3. The lowest BCUT2D eigenvalue weighted by molar-refractivity contribution is -0.171. The van der Waals surface area contributed by atoms with Gasteiger partial charge in [0.25, 0.3) is 0 Å². The van der Waals surface area contributed by atoms with E-state index in [1.807, 2.05) is 6.92 Å². The van der Waals surface area contributed by atoms with Crippen molar-refractivity contribution in [2.24, 2.45) is 0 Å². The minimum Gasteiger partial charge on any atom is -0.369 e. The lowest BCUT2D eigenvalue weighted by Crippen LogP contribution is -2.34. The second-order valence-electron chi connectivity index (χ2n) is 4.95. The van der Waals surface area contributed by atoms with E-state index in [0.29, 0.717) is 22.5 Å². The molecule has 0 amide bonds. The van der Waals surface area contributed by atoms with Crippen LogP contribution in [0.15, 0.2) is 4.47 Å². The van der Waals surface area contributed by atoms with Gasteiger partial charge in [-0.2, -0.15) is 18.3 Å². The van der Waals surface area contributed by atoms with E-state index in [1.54, 1.807) is 0 Å². The number of hydrogen-bond acceptors (Lipinski definition) is 2. The van der Waals surface area contributed by atoms with Crippen molar-refractivity contribution in [2.75, 3.05) is 11.9 Å². The number of aromatic nitrogens is 2. The second-order valence-corrected chi connectivity index (χ2v) is 5.75. The smallest absolute Gasteiger partial charge is 0.369 e. The van der Waals surface area contributed by atoms with Crippen molar-refractivity contribution in [3.63, 3.8) is 0 Å². The number of nitrogens with zero attached hydrogens (tertiary/aromatic N) is 2. The number of nitrogens with one attached hydrogen (secondary N) is 1. The monoisotopic (exact) mass is 339 g/mol. The predicted octanol–water partition coefficient (Wildman–Crippen LogP) is 4.47. The van der Waals surface area contributed by atoms with Crippen LogP contribution in [0.2, 0.25) is 0 Å². The van der Waals surface area contributed by atoms with Gasteiger partial charge in [0.15, 0.2) is 6.04 Å². The van der Waals surface area contributed by atoms with Crippen molar-refractivity contribution in [3.8, 4) is 0 Å². The summed E-state index contributed by atoms with van der Waals surface area (Å²) in [7, 11) is 0. The molecule has 0 saturated heterocycles. The van der Waals surface area contributed by atoms with Crippen molar-refractivity contribution in [3.05, 3.63) is 10.2 Å². The van der Waals surface area contributed by atoms with E-state index in [1.165, 1.54) is 0 Å². The van der Waals surface area contributed by atoms with Gasteiger partial charge in [-0.05, 0) is 28.8 Å². The summed E-state index contributed by atoms with van der Waals surface area (Å²) in [5.74, 6) is 0.597. The van der Waals surface area contributed by atoms with Gasteiger partial charge in [0.1, 0.15) is 5.82 Å². The number of halogens is 4. The number of rotatable bonds is 3. The maximum Gasteiger partial charge on any atom is 0.410 e. The van der Waals surface area contributed by atoms with Gasteiger partial charge in [0, 0.05) is 12.5 Å². The molecule has 1 aliphatic heterocycles. The summed E-state index contributed by atoms with van der Waals surface area (Å²) in [6.07, 6.45) is -2.35. The number of fused-ring (bicyclic) bond motifs is 1. The summed E-state index contributed by atoms with van der Waals surface area (Å²) in [6.45, 7) is 4.36. The molecule has 0 bridgehead atoms. The van der Waals surface area contributed by atoms with Crippen molar-refractivity contribution in [1.29, 1.82) is 0 Å². The summed E-state index contributed by atoms with van der Waals surface area (Å²) < 4.78 is 40.8. The van der Waals surface area contributed by atoms with Crippen LogP contribution in [0.3, 0.4) is 0 Å². The van der Waals surface area contributed by atoms with Crippen molar-refractivity contribution < 1.29 is 13.2 Å². The van der Waals surface area contributed by atoms with E-state index < -0.39 is 12.2 Å². The van der Waals surface area contributed by atoms with Crippen LogP contribution in [0.25, 0.3) is 0 Å². The Morgan fingerprint density at radius 2 is 2.21 bits per heavy atom. The Balaban J connectivity index is 2.40. The third-order valence-corrected chi connectivity index (χ3v) is 4.23. The molecule has 7 heteroatoms. The van der Waals surface area contributed by atoms with Crippen LogP contribution in [-0.2, 0) is 0 Å². The zero-order chi connectivity index (χ0) is 14.2. The van der Waals surface area contributed by atoms with E-state index in [4.69, 9.17) is 0 Å². The molecule has 0 spiro atoms. The Labute approximate surface area is 118 Å². The number of hydrogen-bond donors (Lipinski definition) is 1. The molecular formula is C12H17BrF3N3. The molecule has 1 aliphatic rings. The third kappa shape index (κ3) is 2.75. The Morgan fingerprint density at radius 3 is 2.79 bits per heavy atom. The van der Waals surface area contributed by atoms with Crippen LogP contribution in [0.1, 0.15) is 50.8 Å². The second kappa shape index (κ2) is 5.34. The van der Waals surface area contributed by atoms with Crippen LogP contribution in [0, 0.1) is 0 Å². The highest BCUT2D eigenvalue weighted by Crippen LogP contribution is 2.42. The normalized spacial score (nSPS) is 20.8. The predicted molar refractivity (Wildman–Crippen MR) is 71.4 cm³/mol. The first-order valence-corrected chi connectivity index (χ1v) is 7.24. The Morgan fingerprint density at radius 1 is 1.53 bits per heavy atom. The van der Waals surface area contributed by atoms with Crippen LogP contribution in [0.5, 0.6) is 0 Å². The van der Waals surface area contributed by atoms with E-state index in [2.05, 4.69) is 33.3 Å². The van der Waals surface area contributed by atoms with Gasteiger partial charge in [-0.1, -0.05) is 20.3 Å². The van der Waals surface area contributed by atoms with Crippen LogP contribution >= 0.6 is 15.9 Å². The molecule has 2 unspecified atom stereocenters. The lowest BCUT2D eigenvalue weighted by Gasteiger charge is -2.27. The molecule has 108 valence electrons. The highest BCUT2D eigenvalue weighted by molar-refractivity contribution is 9.10. The zero-order valence-electron chi connectivity index (χ0n) is 10.9. The first-order valence-electron chi connectivity index (χ1n) is 6.44. The summed E-state index contributed by atoms with van der Waals surface area (Å²) in [4.78, 5) is 0. The Hall–Kier alpha value is -0.720. The van der Waals surface area contributed by atoms with Crippen molar-refractivity contribution in [2.45, 2.75) is 51.2 Å². The van der Waals surface area contributed by atoms with E-state index in [-0.39, 0.29) is 12.3 Å². The van der Waals surface area contributed by atoms with Crippen LogP contribution in [-0.4, -0.2) is 22.5 Å². The minimum atomic E-state index is -4.26. The number of anilines is 1. The fourth-order valence-corrected chi connectivity index (χ4v) is 3.24. The van der Waals surface area contributed by atoms with Gasteiger partial charge in [-0.25, -0.2) is 4.68 Å². The fraction of sp³-hybridized carbons (Fsp3) is 0.750. The molecule has 1 aromatic heterocycles. The zero-order valence-corrected chi connectivity index (χ0v) is 12.5. The Kier molecular flexibility index (Phi) is 4.13. The van der Waals surface area contributed by atoms with Gasteiger partial charge in [-0.3, -0.25) is 0 Å². The summed E-state index contributed by atoms with van der Waals surface area (Å²) >= 11 is 3.39. The summed E-state index contributed by atoms with van der Waals surface area (Å²) in [5, 5.41) is 7.21. The van der Waals surface area contributed by atoms with E-state index >= 15 is 0 Å². The summed E-state index contributed by atoms with van der Waals surface area (Å²) in [6, 6.07) is -1.53. The largest absolute Gasteiger partial charge is 0.410 e. The highest BCUT2D eigenvalue weighted by Gasteiger charge is 2.44. The molecular weight excluding hydrogens is 323 g/mol. The van der Waals surface area contributed by atoms with Gasteiger partial charge < -0.3 is 5.32 Å². The van der Waals surface area contributed by atoms with Crippen molar-refractivity contribution in [1.82, 2.24) is 9.78 Å². The molecule has 1 aromatic rings. The molecule has 3 nitrogen and oxygen atoms in total. The first-order chi connectivity index (χ1) is 8.86. The topological polar surface area (TPSA) is 29.9 Å². The van der Waals surface area contributed by atoms with Crippen molar-refractivity contribution >= 4 is 21.7 Å². The molecule has 2 rings (SSSR count). The molecule has 0 aliphatic carbocycles. The highest BCUT2D eigenvalue weighted by atomic mass is 79.9. The molecule has 0 fully saturated rings. The van der Waals surface area contributed by atoms with Crippen LogP contribution < -0.4 is 5.32 Å². The Bertz CT molecular complexity index is 456. The van der Waals surface area contributed by atoms with Crippen LogP contribution in [0.4, 0.5) is 19.0 Å². The molecule has 0 saturated carbocycles. The molecule has 19 heavy (non-hydrogen) atoms.